The number of amides is 1. The van der Waals surface area contributed by atoms with Gasteiger partial charge in [-0.3, -0.25) is 19.8 Å². The molecule has 0 saturated carbocycles. The van der Waals surface area contributed by atoms with E-state index in [1.165, 1.54) is 29.8 Å². The molecular formula is C24H28FN5OS. The molecule has 3 aromatic rings. The van der Waals surface area contributed by atoms with Gasteiger partial charge in [-0.2, -0.15) is 5.10 Å². The van der Waals surface area contributed by atoms with Gasteiger partial charge in [0.05, 0.1) is 5.69 Å². The third kappa shape index (κ3) is 5.97. The summed E-state index contributed by atoms with van der Waals surface area (Å²) >= 11 is 1.63. The predicted molar refractivity (Wildman–Crippen MR) is 129 cm³/mol. The Bertz CT molecular complexity index is 1110. The van der Waals surface area contributed by atoms with Gasteiger partial charge in [0.25, 0.3) is 5.91 Å². The highest BCUT2D eigenvalue weighted by molar-refractivity contribution is 7.98. The number of carbonyl (C=O) groups excluding carboxylic acids is 1. The molecule has 32 heavy (non-hydrogen) atoms. The van der Waals surface area contributed by atoms with Crippen LogP contribution in [0.5, 0.6) is 0 Å². The molecule has 0 fully saturated rings. The van der Waals surface area contributed by atoms with Gasteiger partial charge in [0.1, 0.15) is 5.82 Å². The van der Waals surface area contributed by atoms with E-state index in [-0.39, 0.29) is 11.7 Å². The van der Waals surface area contributed by atoms with Crippen LogP contribution in [-0.2, 0) is 13.0 Å². The van der Waals surface area contributed by atoms with Crippen molar-refractivity contribution in [3.8, 4) is 0 Å². The summed E-state index contributed by atoms with van der Waals surface area (Å²) in [5.41, 5.74) is 4.48. The van der Waals surface area contributed by atoms with Gasteiger partial charge in [0.2, 0.25) is 5.96 Å². The van der Waals surface area contributed by atoms with Crippen LogP contribution < -0.4 is 10.6 Å². The fourth-order valence-corrected chi connectivity index (χ4v) is 3.87. The number of aryl methyl sites for hydroxylation is 2. The van der Waals surface area contributed by atoms with Crippen molar-refractivity contribution >= 4 is 29.3 Å². The predicted octanol–water partition coefficient (Wildman–Crippen LogP) is 4.82. The monoisotopic (exact) mass is 453 g/mol. The van der Waals surface area contributed by atoms with Crippen LogP contribution in [0.1, 0.15) is 34.2 Å². The quantitative estimate of drug-likeness (QED) is 0.306. The summed E-state index contributed by atoms with van der Waals surface area (Å²) in [5, 5.41) is 10.6. The minimum atomic E-state index is -0.388. The third-order valence-electron chi connectivity index (χ3n) is 5.13. The van der Waals surface area contributed by atoms with Crippen LogP contribution in [-0.4, -0.2) is 34.4 Å². The van der Waals surface area contributed by atoms with E-state index >= 15 is 0 Å². The molecule has 0 bridgehead atoms. The van der Waals surface area contributed by atoms with Crippen molar-refractivity contribution in [2.45, 2.75) is 38.6 Å². The van der Waals surface area contributed by atoms with Gasteiger partial charge in [-0.1, -0.05) is 6.07 Å². The largest absolute Gasteiger partial charge is 0.326 e. The lowest BCUT2D eigenvalue weighted by Gasteiger charge is -2.13. The first-order valence-electron chi connectivity index (χ1n) is 10.5. The molecule has 6 nitrogen and oxygen atoms in total. The van der Waals surface area contributed by atoms with Crippen LogP contribution in [0.25, 0.3) is 0 Å². The van der Waals surface area contributed by atoms with Crippen LogP contribution in [0, 0.1) is 19.7 Å². The highest BCUT2D eigenvalue weighted by atomic mass is 32.2. The van der Waals surface area contributed by atoms with E-state index in [0.717, 1.165) is 28.5 Å². The average molecular weight is 454 g/mol. The van der Waals surface area contributed by atoms with Crippen molar-refractivity contribution in [2.75, 3.05) is 18.1 Å². The fraction of sp³-hybridized carbons (Fsp3) is 0.292. The molecule has 2 aromatic carbocycles. The number of carbonyl (C=O) groups is 1. The standard InChI is InChI=1S/C24H28FN5OS/c1-5-30-17(3)22(16(2)29-30)13-14-26-24(27-20-7-6-8-21(15-20)32-4)28-23(31)18-9-11-19(25)12-10-18/h6-12,15H,5,13-14H2,1-4H3,(H2,26,27,28,31). The van der Waals surface area contributed by atoms with Gasteiger partial charge in [-0.25, -0.2) is 4.39 Å². The van der Waals surface area contributed by atoms with Crippen molar-refractivity contribution in [3.05, 3.63) is 76.9 Å². The number of nitrogens with one attached hydrogen (secondary N) is 2. The number of aliphatic imine (C=N–C) groups is 1. The molecule has 0 aliphatic heterocycles. The second-order valence-electron chi connectivity index (χ2n) is 7.26. The number of hydrogen-bond acceptors (Lipinski definition) is 4. The van der Waals surface area contributed by atoms with Crippen LogP contribution in [0.2, 0.25) is 0 Å². The summed E-state index contributed by atoms with van der Waals surface area (Å²) in [5.74, 6) is -0.403. The second-order valence-corrected chi connectivity index (χ2v) is 8.14. The summed E-state index contributed by atoms with van der Waals surface area (Å²) in [6.45, 7) is 7.43. The first kappa shape index (κ1) is 23.5. The SMILES string of the molecule is CCn1nc(C)c(CCN=C(NC(=O)c2ccc(F)cc2)Nc2cccc(SC)c2)c1C. The zero-order valence-corrected chi connectivity index (χ0v) is 19.6. The Morgan fingerprint density at radius 2 is 1.94 bits per heavy atom. The van der Waals surface area contributed by atoms with Gasteiger partial charge < -0.3 is 5.32 Å². The number of halogens is 1. The first-order valence-corrected chi connectivity index (χ1v) is 11.7. The molecule has 0 atom stereocenters. The first-order chi connectivity index (χ1) is 15.4. The lowest BCUT2D eigenvalue weighted by Crippen LogP contribution is -2.36. The number of anilines is 1. The smallest absolute Gasteiger partial charge is 0.257 e. The number of aromatic nitrogens is 2. The van der Waals surface area contributed by atoms with Gasteiger partial charge in [0, 0.05) is 34.9 Å². The normalized spacial score (nSPS) is 11.5. The molecule has 1 heterocycles. The average Bonchev–Trinajstić information content (AvgIpc) is 3.07. The van der Waals surface area contributed by atoms with Crippen LogP contribution >= 0.6 is 11.8 Å². The minimum absolute atomic E-state index is 0.343. The lowest BCUT2D eigenvalue weighted by molar-refractivity contribution is 0.0977. The molecule has 8 heteroatoms. The van der Waals surface area contributed by atoms with E-state index in [0.29, 0.717) is 24.5 Å². The number of benzene rings is 2. The number of guanidine groups is 1. The number of rotatable bonds is 7. The van der Waals surface area contributed by atoms with Gasteiger partial charge in [-0.05, 0) is 81.5 Å². The van der Waals surface area contributed by atoms with Crippen molar-refractivity contribution in [1.29, 1.82) is 0 Å². The molecule has 0 unspecified atom stereocenters. The summed E-state index contributed by atoms with van der Waals surface area (Å²) in [6, 6.07) is 13.3. The molecule has 3 rings (SSSR count). The lowest BCUT2D eigenvalue weighted by atomic mass is 10.1. The Morgan fingerprint density at radius 3 is 2.59 bits per heavy atom. The molecule has 168 valence electrons. The maximum atomic E-state index is 13.2. The highest BCUT2D eigenvalue weighted by Gasteiger charge is 2.12. The molecule has 2 N–H and O–H groups in total. The van der Waals surface area contributed by atoms with Crippen molar-refractivity contribution < 1.29 is 9.18 Å². The Morgan fingerprint density at radius 1 is 1.19 bits per heavy atom. The van der Waals surface area contributed by atoms with Gasteiger partial charge in [0.15, 0.2) is 0 Å². The summed E-state index contributed by atoms with van der Waals surface area (Å²) < 4.78 is 15.2. The molecule has 1 aromatic heterocycles. The van der Waals surface area contributed by atoms with Gasteiger partial charge >= 0.3 is 0 Å². The Kier molecular flexibility index (Phi) is 8.05. The van der Waals surface area contributed by atoms with Crippen molar-refractivity contribution in [1.82, 2.24) is 15.1 Å². The number of nitrogens with zero attached hydrogens (tertiary/aromatic N) is 3. The summed E-state index contributed by atoms with van der Waals surface area (Å²) in [4.78, 5) is 18.4. The molecular weight excluding hydrogens is 425 g/mol. The topological polar surface area (TPSA) is 71.3 Å². The Balaban J connectivity index is 1.79. The van der Waals surface area contributed by atoms with E-state index in [9.17, 15) is 9.18 Å². The Hall–Kier alpha value is -3.13. The summed E-state index contributed by atoms with van der Waals surface area (Å²) in [7, 11) is 0. The molecule has 0 saturated heterocycles. The van der Waals surface area contributed by atoms with E-state index < -0.39 is 0 Å². The molecule has 0 aliphatic carbocycles. The molecule has 0 spiro atoms. The van der Waals surface area contributed by atoms with Crippen molar-refractivity contribution in [3.63, 3.8) is 0 Å². The fourth-order valence-electron chi connectivity index (χ4n) is 3.41. The molecule has 0 aliphatic rings. The highest BCUT2D eigenvalue weighted by Crippen LogP contribution is 2.19. The van der Waals surface area contributed by atoms with E-state index in [1.807, 2.05) is 42.1 Å². The van der Waals surface area contributed by atoms with Crippen LogP contribution in [0.15, 0.2) is 58.4 Å². The number of hydrogen-bond donors (Lipinski definition) is 2. The molecule has 0 radical (unpaired) electrons. The summed E-state index contributed by atoms with van der Waals surface area (Å²) in [6.07, 6.45) is 2.71. The minimum Gasteiger partial charge on any atom is -0.326 e. The van der Waals surface area contributed by atoms with E-state index in [4.69, 9.17) is 0 Å². The zero-order valence-electron chi connectivity index (χ0n) is 18.8. The van der Waals surface area contributed by atoms with E-state index in [2.05, 4.69) is 34.6 Å². The molecule has 1 amide bonds. The number of thioether (sulfide) groups is 1. The third-order valence-corrected chi connectivity index (χ3v) is 5.86. The van der Waals surface area contributed by atoms with E-state index in [1.54, 1.807) is 11.8 Å². The van der Waals surface area contributed by atoms with Gasteiger partial charge in [-0.15, -0.1) is 11.8 Å². The maximum Gasteiger partial charge on any atom is 0.257 e. The van der Waals surface area contributed by atoms with Crippen LogP contribution in [0.4, 0.5) is 10.1 Å². The Labute approximate surface area is 192 Å². The van der Waals surface area contributed by atoms with Crippen LogP contribution in [0.3, 0.4) is 0 Å². The second kappa shape index (κ2) is 10.9. The maximum absolute atomic E-state index is 13.2. The van der Waals surface area contributed by atoms with Crippen molar-refractivity contribution in [2.24, 2.45) is 4.99 Å². The zero-order chi connectivity index (χ0) is 23.1.